The van der Waals surface area contributed by atoms with Crippen molar-refractivity contribution in [2.24, 2.45) is 0 Å². The van der Waals surface area contributed by atoms with Gasteiger partial charge in [-0.1, -0.05) is 0 Å². The molecule has 0 saturated carbocycles. The second kappa shape index (κ2) is 5.21. The van der Waals surface area contributed by atoms with Gasteiger partial charge in [0, 0.05) is 5.56 Å². The number of carbonyl (C=O) groups is 1. The molecule has 0 aliphatic heterocycles. The standard InChI is InChI=1S/C10H10ClF2NO2/c1-5-3-7(9(12)13)14-8(6(5)4-11)10(15)16-2/h3,9H,4H2,1-2H3. The molecule has 0 saturated heterocycles. The molecule has 1 rings (SSSR count). The number of ether oxygens (including phenoxy) is 1. The second-order valence-electron chi connectivity index (χ2n) is 3.12. The summed E-state index contributed by atoms with van der Waals surface area (Å²) < 4.78 is 29.4. The van der Waals surface area contributed by atoms with E-state index in [0.717, 1.165) is 7.11 Å². The minimum Gasteiger partial charge on any atom is -0.464 e. The van der Waals surface area contributed by atoms with E-state index in [9.17, 15) is 13.6 Å². The zero-order valence-electron chi connectivity index (χ0n) is 8.76. The van der Waals surface area contributed by atoms with Gasteiger partial charge < -0.3 is 4.74 Å². The number of methoxy groups -OCH3 is 1. The maximum Gasteiger partial charge on any atom is 0.357 e. The van der Waals surface area contributed by atoms with Gasteiger partial charge in [0.1, 0.15) is 5.69 Å². The van der Waals surface area contributed by atoms with Gasteiger partial charge in [0.25, 0.3) is 6.43 Å². The summed E-state index contributed by atoms with van der Waals surface area (Å²) in [6, 6.07) is 1.22. The second-order valence-corrected chi connectivity index (χ2v) is 3.38. The van der Waals surface area contributed by atoms with Crippen molar-refractivity contribution >= 4 is 17.6 Å². The minimum atomic E-state index is -2.73. The lowest BCUT2D eigenvalue weighted by molar-refractivity contribution is 0.0591. The van der Waals surface area contributed by atoms with E-state index in [0.29, 0.717) is 11.1 Å². The number of aryl methyl sites for hydroxylation is 1. The molecule has 0 amide bonds. The summed E-state index contributed by atoms with van der Waals surface area (Å²) in [7, 11) is 1.16. The van der Waals surface area contributed by atoms with Crippen LogP contribution in [0.5, 0.6) is 0 Å². The van der Waals surface area contributed by atoms with Crippen molar-refractivity contribution in [1.82, 2.24) is 4.98 Å². The molecule has 0 bridgehead atoms. The third-order valence-electron chi connectivity index (χ3n) is 2.10. The molecule has 3 nitrogen and oxygen atoms in total. The molecule has 6 heteroatoms. The van der Waals surface area contributed by atoms with Crippen molar-refractivity contribution in [2.75, 3.05) is 7.11 Å². The van der Waals surface area contributed by atoms with Crippen LogP contribution in [0.1, 0.15) is 33.7 Å². The number of esters is 1. The van der Waals surface area contributed by atoms with Gasteiger partial charge in [-0.25, -0.2) is 18.6 Å². The number of nitrogens with zero attached hydrogens (tertiary/aromatic N) is 1. The van der Waals surface area contributed by atoms with Crippen LogP contribution in [0.3, 0.4) is 0 Å². The Labute approximate surface area is 96.4 Å². The smallest absolute Gasteiger partial charge is 0.357 e. The van der Waals surface area contributed by atoms with E-state index in [1.165, 1.54) is 6.07 Å². The van der Waals surface area contributed by atoms with Crippen LogP contribution in [0.15, 0.2) is 6.07 Å². The zero-order valence-corrected chi connectivity index (χ0v) is 9.52. The topological polar surface area (TPSA) is 39.2 Å². The quantitative estimate of drug-likeness (QED) is 0.611. The van der Waals surface area contributed by atoms with Crippen molar-refractivity contribution in [3.05, 3.63) is 28.6 Å². The van der Waals surface area contributed by atoms with Crippen molar-refractivity contribution in [3.63, 3.8) is 0 Å². The Morgan fingerprint density at radius 3 is 2.69 bits per heavy atom. The number of carbonyl (C=O) groups excluding carboxylic acids is 1. The van der Waals surface area contributed by atoms with Gasteiger partial charge in [-0.2, -0.15) is 0 Å². The average Bonchev–Trinajstić information content (AvgIpc) is 2.26. The third-order valence-corrected chi connectivity index (χ3v) is 2.37. The fraction of sp³-hybridized carbons (Fsp3) is 0.400. The number of halogens is 3. The first-order valence-corrected chi connectivity index (χ1v) is 4.97. The lowest BCUT2D eigenvalue weighted by atomic mass is 10.1. The van der Waals surface area contributed by atoms with Crippen molar-refractivity contribution in [3.8, 4) is 0 Å². The lowest BCUT2D eigenvalue weighted by Gasteiger charge is -2.10. The normalized spacial score (nSPS) is 10.6. The Bertz CT molecular complexity index is 410. The van der Waals surface area contributed by atoms with E-state index < -0.39 is 18.1 Å². The van der Waals surface area contributed by atoms with Crippen LogP contribution >= 0.6 is 11.6 Å². The van der Waals surface area contributed by atoms with E-state index in [2.05, 4.69) is 9.72 Å². The fourth-order valence-electron chi connectivity index (χ4n) is 1.27. The number of hydrogen-bond acceptors (Lipinski definition) is 3. The molecule has 1 aromatic heterocycles. The summed E-state index contributed by atoms with van der Waals surface area (Å²) >= 11 is 5.64. The summed E-state index contributed by atoms with van der Waals surface area (Å²) in [5.41, 5.74) is 0.318. The van der Waals surface area contributed by atoms with Gasteiger partial charge in [-0.05, 0) is 18.6 Å². The predicted octanol–water partition coefficient (Wildman–Crippen LogP) is 2.85. The Hall–Kier alpha value is -1.23. The molecule has 1 aromatic rings. The van der Waals surface area contributed by atoms with Gasteiger partial charge >= 0.3 is 5.97 Å². The predicted molar refractivity (Wildman–Crippen MR) is 54.8 cm³/mol. The highest BCUT2D eigenvalue weighted by atomic mass is 35.5. The monoisotopic (exact) mass is 249 g/mol. The van der Waals surface area contributed by atoms with E-state index in [-0.39, 0.29) is 11.6 Å². The van der Waals surface area contributed by atoms with E-state index in [1.54, 1.807) is 6.92 Å². The molecule has 0 fully saturated rings. The molecule has 0 N–H and O–H groups in total. The molecule has 0 radical (unpaired) electrons. The highest BCUT2D eigenvalue weighted by molar-refractivity contribution is 6.17. The number of pyridine rings is 1. The molecule has 0 aliphatic carbocycles. The van der Waals surface area contributed by atoms with Crippen molar-refractivity contribution in [1.29, 1.82) is 0 Å². The molecule has 0 aliphatic rings. The first-order chi connectivity index (χ1) is 7.51. The molecule has 16 heavy (non-hydrogen) atoms. The summed E-state index contributed by atoms with van der Waals surface area (Å²) in [5.74, 6) is -0.742. The Balaban J connectivity index is 3.36. The number of aromatic nitrogens is 1. The van der Waals surface area contributed by atoms with E-state index in [1.807, 2.05) is 0 Å². The van der Waals surface area contributed by atoms with Crippen LogP contribution in [0, 0.1) is 6.92 Å². The van der Waals surface area contributed by atoms with Gasteiger partial charge in [-0.3, -0.25) is 0 Å². The number of rotatable bonds is 3. The van der Waals surface area contributed by atoms with E-state index in [4.69, 9.17) is 11.6 Å². The van der Waals surface area contributed by atoms with E-state index >= 15 is 0 Å². The Kier molecular flexibility index (Phi) is 4.18. The van der Waals surface area contributed by atoms with Gasteiger partial charge in [0.05, 0.1) is 13.0 Å². The molecular weight excluding hydrogens is 240 g/mol. The molecule has 0 aromatic carbocycles. The van der Waals surface area contributed by atoms with Crippen LogP contribution in [-0.4, -0.2) is 18.1 Å². The maximum absolute atomic E-state index is 12.5. The van der Waals surface area contributed by atoms with Gasteiger partial charge in [0.2, 0.25) is 0 Å². The molecule has 0 atom stereocenters. The third kappa shape index (κ3) is 2.47. The fourth-order valence-corrected chi connectivity index (χ4v) is 1.61. The highest BCUT2D eigenvalue weighted by Gasteiger charge is 2.20. The van der Waals surface area contributed by atoms with Crippen LogP contribution in [0.4, 0.5) is 8.78 Å². The summed E-state index contributed by atoms with van der Waals surface area (Å²) in [5, 5.41) is 0. The van der Waals surface area contributed by atoms with Crippen molar-refractivity contribution in [2.45, 2.75) is 19.2 Å². The summed E-state index contributed by atoms with van der Waals surface area (Å²) in [6.45, 7) is 1.59. The molecule has 88 valence electrons. The minimum absolute atomic E-state index is 0.0206. The van der Waals surface area contributed by atoms with Crippen LogP contribution in [0.2, 0.25) is 0 Å². The van der Waals surface area contributed by atoms with Crippen LogP contribution < -0.4 is 0 Å². The highest BCUT2D eigenvalue weighted by Crippen LogP contribution is 2.23. The molecule has 0 unspecified atom stereocenters. The largest absolute Gasteiger partial charge is 0.464 e. The summed E-state index contributed by atoms with van der Waals surface area (Å²) in [6.07, 6.45) is -2.73. The first-order valence-electron chi connectivity index (χ1n) is 4.44. The van der Waals surface area contributed by atoms with Crippen molar-refractivity contribution < 1.29 is 18.3 Å². The van der Waals surface area contributed by atoms with Gasteiger partial charge in [0.15, 0.2) is 5.69 Å². The molecule has 1 heterocycles. The number of alkyl halides is 3. The molecule has 0 spiro atoms. The zero-order chi connectivity index (χ0) is 12.3. The number of hydrogen-bond donors (Lipinski definition) is 0. The Morgan fingerprint density at radius 1 is 1.62 bits per heavy atom. The average molecular weight is 250 g/mol. The summed E-state index contributed by atoms with van der Waals surface area (Å²) in [4.78, 5) is 14.9. The maximum atomic E-state index is 12.5. The SMILES string of the molecule is COC(=O)c1nc(C(F)F)cc(C)c1CCl. The molecular formula is C10H10ClF2NO2. The Morgan fingerprint density at radius 2 is 2.25 bits per heavy atom. The van der Waals surface area contributed by atoms with Crippen LogP contribution in [0.25, 0.3) is 0 Å². The lowest BCUT2D eigenvalue weighted by Crippen LogP contribution is -2.11. The first kappa shape index (κ1) is 12.8. The van der Waals surface area contributed by atoms with Crippen LogP contribution in [-0.2, 0) is 10.6 Å². The van der Waals surface area contributed by atoms with Gasteiger partial charge in [-0.15, -0.1) is 11.6 Å².